The number of esters is 1. The maximum Gasteiger partial charge on any atom is 0.408 e. The Balaban J connectivity index is 2.48. The number of amides is 3. The molecular formula is C29H39N3O6. The molecule has 2 atom stereocenters. The van der Waals surface area contributed by atoms with Crippen LogP contribution in [0.25, 0.3) is 0 Å². The molecule has 0 fully saturated rings. The van der Waals surface area contributed by atoms with Crippen molar-refractivity contribution in [3.8, 4) is 0 Å². The van der Waals surface area contributed by atoms with Gasteiger partial charge in [0.2, 0.25) is 11.8 Å². The molecule has 0 aliphatic carbocycles. The Labute approximate surface area is 224 Å². The third kappa shape index (κ3) is 8.90. The third-order valence-corrected chi connectivity index (χ3v) is 5.94. The zero-order valence-corrected chi connectivity index (χ0v) is 23.3. The van der Waals surface area contributed by atoms with Crippen LogP contribution >= 0.6 is 0 Å². The summed E-state index contributed by atoms with van der Waals surface area (Å²) in [6.07, 6.45) is -0.542. The first-order valence-electron chi connectivity index (χ1n) is 12.6. The molecule has 0 heterocycles. The lowest BCUT2D eigenvalue weighted by Crippen LogP contribution is -2.54. The lowest BCUT2D eigenvalue weighted by molar-refractivity contribution is -0.144. The van der Waals surface area contributed by atoms with E-state index >= 15 is 0 Å². The largest absolute Gasteiger partial charge is 0.468 e. The highest BCUT2D eigenvalue weighted by atomic mass is 16.6. The molecule has 206 valence electrons. The molecule has 3 amide bonds. The summed E-state index contributed by atoms with van der Waals surface area (Å²) in [6.45, 7) is 10.7. The van der Waals surface area contributed by atoms with E-state index in [0.29, 0.717) is 5.56 Å². The van der Waals surface area contributed by atoms with E-state index in [1.54, 1.807) is 33.8 Å². The van der Waals surface area contributed by atoms with E-state index in [2.05, 4.69) is 15.4 Å². The average molecular weight is 526 g/mol. The zero-order valence-electron chi connectivity index (χ0n) is 23.3. The van der Waals surface area contributed by atoms with E-state index in [0.717, 1.165) is 16.7 Å². The summed E-state index contributed by atoms with van der Waals surface area (Å²) in [5, 5.41) is 5.28. The van der Waals surface area contributed by atoms with E-state index in [-0.39, 0.29) is 19.5 Å². The number of hydrogen-bond acceptors (Lipinski definition) is 6. The number of aryl methyl sites for hydroxylation is 2. The number of carbonyl (C=O) groups is 4. The van der Waals surface area contributed by atoms with E-state index in [1.165, 1.54) is 12.0 Å². The summed E-state index contributed by atoms with van der Waals surface area (Å²) in [5.41, 5.74) is 2.64. The van der Waals surface area contributed by atoms with Crippen LogP contribution in [0.3, 0.4) is 0 Å². The first kappa shape index (κ1) is 30.3. The molecule has 0 aromatic heterocycles. The summed E-state index contributed by atoms with van der Waals surface area (Å²) in [5.74, 6) is -1.61. The van der Waals surface area contributed by atoms with Crippen molar-refractivity contribution in [3.63, 3.8) is 0 Å². The Morgan fingerprint density at radius 3 is 2.18 bits per heavy atom. The highest BCUT2D eigenvalue weighted by Crippen LogP contribution is 2.25. The number of alkyl carbamates (subject to hydrolysis) is 1. The number of hydrogen-bond donors (Lipinski definition) is 2. The van der Waals surface area contributed by atoms with Gasteiger partial charge in [0.05, 0.1) is 7.11 Å². The Kier molecular flexibility index (Phi) is 10.9. The number of methoxy groups -OCH3 is 1. The van der Waals surface area contributed by atoms with Gasteiger partial charge in [-0.2, -0.15) is 0 Å². The molecule has 2 unspecified atom stereocenters. The van der Waals surface area contributed by atoms with Crippen LogP contribution in [0.5, 0.6) is 0 Å². The van der Waals surface area contributed by atoms with Gasteiger partial charge < -0.3 is 25.0 Å². The molecule has 2 N–H and O–H groups in total. The fourth-order valence-corrected chi connectivity index (χ4v) is 3.90. The van der Waals surface area contributed by atoms with Crippen molar-refractivity contribution in [1.29, 1.82) is 0 Å². The minimum Gasteiger partial charge on any atom is -0.468 e. The van der Waals surface area contributed by atoms with Crippen LogP contribution in [-0.2, 0) is 30.3 Å². The zero-order chi connectivity index (χ0) is 28.5. The molecule has 0 bridgehead atoms. The molecule has 0 aliphatic rings. The van der Waals surface area contributed by atoms with Crippen molar-refractivity contribution >= 4 is 23.9 Å². The van der Waals surface area contributed by atoms with E-state index in [9.17, 15) is 19.2 Å². The van der Waals surface area contributed by atoms with Gasteiger partial charge in [0.25, 0.3) is 0 Å². The second kappa shape index (κ2) is 13.6. The number of nitrogens with zero attached hydrogens (tertiary/aromatic N) is 1. The summed E-state index contributed by atoms with van der Waals surface area (Å²) in [7, 11) is 1.23. The van der Waals surface area contributed by atoms with Gasteiger partial charge in [0.1, 0.15) is 24.2 Å². The molecule has 0 spiro atoms. The number of carbonyl (C=O) groups excluding carboxylic acids is 4. The Morgan fingerprint density at radius 2 is 1.63 bits per heavy atom. The molecule has 2 aromatic rings. The molecule has 9 nitrogen and oxygen atoms in total. The Morgan fingerprint density at radius 1 is 0.974 bits per heavy atom. The number of rotatable bonds is 10. The highest BCUT2D eigenvalue weighted by molar-refractivity contribution is 5.93. The predicted octanol–water partition coefficient (Wildman–Crippen LogP) is 3.62. The maximum absolute atomic E-state index is 14.0. The topological polar surface area (TPSA) is 114 Å². The molecule has 9 heteroatoms. The third-order valence-electron chi connectivity index (χ3n) is 5.94. The van der Waals surface area contributed by atoms with Gasteiger partial charge >= 0.3 is 12.1 Å². The minimum atomic E-state index is -1.05. The van der Waals surface area contributed by atoms with Crippen molar-refractivity contribution in [3.05, 3.63) is 70.8 Å². The summed E-state index contributed by atoms with van der Waals surface area (Å²) >= 11 is 0. The minimum absolute atomic E-state index is 0.170. The second-order valence-corrected chi connectivity index (χ2v) is 10.1. The predicted molar refractivity (Wildman–Crippen MR) is 144 cm³/mol. The molecular weight excluding hydrogens is 486 g/mol. The smallest absolute Gasteiger partial charge is 0.408 e. The van der Waals surface area contributed by atoms with Crippen molar-refractivity contribution in [2.75, 3.05) is 20.2 Å². The highest BCUT2D eigenvalue weighted by Gasteiger charge is 2.36. The van der Waals surface area contributed by atoms with Crippen molar-refractivity contribution < 1.29 is 28.7 Å². The van der Waals surface area contributed by atoms with Gasteiger partial charge in [0.15, 0.2) is 0 Å². The van der Waals surface area contributed by atoms with E-state index in [1.807, 2.05) is 56.3 Å². The quantitative estimate of drug-likeness (QED) is 0.458. The molecule has 2 aromatic carbocycles. The first-order chi connectivity index (χ1) is 17.9. The SMILES string of the molecule is CCN(C(=O)C(Cc1ccccc1)NC(=O)OC(C)(C)C)C(C(=O)NCC(=O)OC)c1ccc(C)c(C)c1. The molecule has 2 rings (SSSR count). The van der Waals surface area contributed by atoms with Gasteiger partial charge in [-0.25, -0.2) is 4.79 Å². The molecule has 38 heavy (non-hydrogen) atoms. The van der Waals surface area contributed by atoms with Crippen LogP contribution in [0.2, 0.25) is 0 Å². The lowest BCUT2D eigenvalue weighted by Gasteiger charge is -2.34. The molecule has 0 aliphatic heterocycles. The monoisotopic (exact) mass is 525 g/mol. The average Bonchev–Trinajstić information content (AvgIpc) is 2.86. The summed E-state index contributed by atoms with van der Waals surface area (Å²) < 4.78 is 10.1. The van der Waals surface area contributed by atoms with Crippen LogP contribution in [-0.4, -0.2) is 60.6 Å². The standard InChI is InChI=1S/C29H39N3O6/c1-8-32(25(26(34)30-18-24(33)37-7)22-15-14-19(2)20(3)16-22)27(35)23(17-21-12-10-9-11-13-21)31-28(36)38-29(4,5)6/h9-16,23,25H,8,17-18H2,1-7H3,(H,30,34)(H,31,36). The summed E-state index contributed by atoms with van der Waals surface area (Å²) in [6, 6.07) is 12.7. The lowest BCUT2D eigenvalue weighted by atomic mass is 9.97. The van der Waals surface area contributed by atoms with Gasteiger partial charge in [0, 0.05) is 13.0 Å². The van der Waals surface area contributed by atoms with Crippen LogP contribution in [0, 0.1) is 13.8 Å². The van der Waals surface area contributed by atoms with Crippen LogP contribution < -0.4 is 10.6 Å². The van der Waals surface area contributed by atoms with Crippen LogP contribution in [0.1, 0.15) is 56.0 Å². The van der Waals surface area contributed by atoms with Gasteiger partial charge in [-0.15, -0.1) is 0 Å². The number of ether oxygens (including phenoxy) is 2. The van der Waals surface area contributed by atoms with Gasteiger partial charge in [-0.05, 0) is 63.8 Å². The van der Waals surface area contributed by atoms with E-state index in [4.69, 9.17) is 4.74 Å². The molecule has 0 radical (unpaired) electrons. The number of likely N-dealkylation sites (N-methyl/N-ethyl adjacent to an activating group) is 1. The number of nitrogens with one attached hydrogen (secondary N) is 2. The molecule has 0 saturated carbocycles. The molecule has 0 saturated heterocycles. The summed E-state index contributed by atoms with van der Waals surface area (Å²) in [4.78, 5) is 53.3. The first-order valence-corrected chi connectivity index (χ1v) is 12.6. The Hall–Kier alpha value is -3.88. The van der Waals surface area contributed by atoms with Gasteiger partial charge in [-0.1, -0.05) is 48.5 Å². The maximum atomic E-state index is 14.0. The fourth-order valence-electron chi connectivity index (χ4n) is 3.90. The van der Waals surface area contributed by atoms with Crippen LogP contribution in [0.4, 0.5) is 4.79 Å². The van der Waals surface area contributed by atoms with Crippen molar-refractivity contribution in [2.45, 2.75) is 65.6 Å². The Bertz CT molecular complexity index is 1130. The van der Waals surface area contributed by atoms with Crippen molar-refractivity contribution in [1.82, 2.24) is 15.5 Å². The van der Waals surface area contributed by atoms with E-state index < -0.39 is 41.6 Å². The second-order valence-electron chi connectivity index (χ2n) is 10.1. The van der Waals surface area contributed by atoms with Crippen molar-refractivity contribution in [2.24, 2.45) is 0 Å². The number of benzene rings is 2. The normalized spacial score (nSPS) is 12.6. The fraction of sp³-hybridized carbons (Fsp3) is 0.448. The van der Waals surface area contributed by atoms with Gasteiger partial charge in [-0.3, -0.25) is 14.4 Å². The van der Waals surface area contributed by atoms with Crippen LogP contribution in [0.15, 0.2) is 48.5 Å².